The third kappa shape index (κ3) is 4.79. The van der Waals surface area contributed by atoms with Crippen molar-refractivity contribution in [3.63, 3.8) is 0 Å². The molecule has 0 atom stereocenters. The average molecular weight is 496 g/mol. The van der Waals surface area contributed by atoms with E-state index in [1.54, 1.807) is 18.7 Å². The predicted molar refractivity (Wildman–Crippen MR) is 117 cm³/mol. The fourth-order valence-corrected chi connectivity index (χ4v) is 4.38. The monoisotopic (exact) mass is 495 g/mol. The number of aromatic nitrogens is 4. The van der Waals surface area contributed by atoms with Crippen molar-refractivity contribution >= 4 is 27.0 Å². The van der Waals surface area contributed by atoms with Gasteiger partial charge in [0.2, 0.25) is 5.88 Å². The van der Waals surface area contributed by atoms with Crippen LogP contribution in [0, 0.1) is 11.6 Å². The van der Waals surface area contributed by atoms with Crippen molar-refractivity contribution < 1.29 is 31.5 Å². The van der Waals surface area contributed by atoms with E-state index in [4.69, 9.17) is 9.47 Å². The summed E-state index contributed by atoms with van der Waals surface area (Å²) in [7, 11) is -3.95. The number of sulfone groups is 1. The van der Waals surface area contributed by atoms with E-state index < -0.39 is 26.4 Å². The van der Waals surface area contributed by atoms with E-state index in [0.717, 1.165) is 17.0 Å². The smallest absolute Gasteiger partial charge is 0.410 e. The maximum atomic E-state index is 14.7. The summed E-state index contributed by atoms with van der Waals surface area (Å²) in [5, 5.41) is 4.46. The molecular formula is C21H23F2N5O5S. The van der Waals surface area contributed by atoms with Gasteiger partial charge in [0.15, 0.2) is 15.5 Å². The highest BCUT2D eigenvalue weighted by molar-refractivity contribution is 7.90. The number of amides is 1. The molecule has 1 amide bonds. The fourth-order valence-electron chi connectivity index (χ4n) is 3.65. The Labute approximate surface area is 194 Å². The molecule has 0 N–H and O–H groups in total. The molecule has 1 saturated heterocycles. The van der Waals surface area contributed by atoms with Crippen LogP contribution in [0.4, 0.5) is 13.6 Å². The highest BCUT2D eigenvalue weighted by Gasteiger charge is 2.27. The first-order chi connectivity index (χ1) is 16.0. The molecule has 0 unspecified atom stereocenters. The van der Waals surface area contributed by atoms with Gasteiger partial charge in [-0.15, -0.1) is 0 Å². The van der Waals surface area contributed by atoms with Gasteiger partial charge in [-0.2, -0.15) is 5.10 Å². The van der Waals surface area contributed by atoms with Crippen molar-refractivity contribution in [2.75, 3.05) is 19.3 Å². The van der Waals surface area contributed by atoms with E-state index in [1.165, 1.54) is 12.5 Å². The highest BCUT2D eigenvalue weighted by Crippen LogP contribution is 2.28. The van der Waals surface area contributed by atoms with Crippen LogP contribution in [-0.2, 0) is 14.6 Å². The lowest BCUT2D eigenvalue weighted by Crippen LogP contribution is -2.42. The van der Waals surface area contributed by atoms with Crippen LogP contribution in [0.5, 0.6) is 5.88 Å². The number of piperidine rings is 1. The minimum absolute atomic E-state index is 0.161. The first-order valence-electron chi connectivity index (χ1n) is 10.5. The molecule has 3 heterocycles. The Bertz CT molecular complexity index is 1340. The normalized spacial score (nSPS) is 15.2. The van der Waals surface area contributed by atoms with E-state index in [1.807, 2.05) is 0 Å². The minimum atomic E-state index is -3.95. The van der Waals surface area contributed by atoms with Crippen LogP contribution in [0.2, 0.25) is 0 Å². The van der Waals surface area contributed by atoms with E-state index >= 15 is 0 Å². The number of ether oxygens (including phenoxy) is 2. The summed E-state index contributed by atoms with van der Waals surface area (Å²) in [5.41, 5.74) is -0.144. The van der Waals surface area contributed by atoms with Crippen LogP contribution in [0.1, 0.15) is 26.7 Å². The van der Waals surface area contributed by atoms with Gasteiger partial charge in [-0.3, -0.25) is 0 Å². The van der Waals surface area contributed by atoms with Gasteiger partial charge in [0, 0.05) is 38.3 Å². The number of benzene rings is 1. The lowest BCUT2D eigenvalue weighted by Gasteiger charge is -2.31. The number of nitrogens with zero attached hydrogens (tertiary/aromatic N) is 5. The Kier molecular flexibility index (Phi) is 6.39. The van der Waals surface area contributed by atoms with Crippen LogP contribution < -0.4 is 4.74 Å². The Balaban J connectivity index is 1.56. The molecule has 3 aromatic rings. The van der Waals surface area contributed by atoms with E-state index in [0.29, 0.717) is 37.4 Å². The van der Waals surface area contributed by atoms with Crippen molar-refractivity contribution in [3.05, 3.63) is 36.3 Å². The molecule has 0 aliphatic carbocycles. The molecule has 0 spiro atoms. The van der Waals surface area contributed by atoms with Crippen molar-refractivity contribution in [3.8, 4) is 11.6 Å². The summed E-state index contributed by atoms with van der Waals surface area (Å²) in [5.74, 6) is -1.86. The zero-order valence-corrected chi connectivity index (χ0v) is 19.6. The number of likely N-dealkylation sites (tertiary alicyclic amines) is 1. The molecule has 4 rings (SSSR count). The van der Waals surface area contributed by atoms with Crippen molar-refractivity contribution in [1.29, 1.82) is 0 Å². The third-order valence-corrected chi connectivity index (χ3v) is 6.39. The number of hydrogen-bond donors (Lipinski definition) is 0. The molecule has 34 heavy (non-hydrogen) atoms. The molecule has 0 bridgehead atoms. The zero-order valence-electron chi connectivity index (χ0n) is 18.7. The summed E-state index contributed by atoms with van der Waals surface area (Å²) >= 11 is 0. The average Bonchev–Trinajstić information content (AvgIpc) is 3.19. The predicted octanol–water partition coefficient (Wildman–Crippen LogP) is 2.89. The molecule has 1 fully saturated rings. The summed E-state index contributed by atoms with van der Waals surface area (Å²) < 4.78 is 64.7. The van der Waals surface area contributed by atoms with Gasteiger partial charge < -0.3 is 14.4 Å². The maximum absolute atomic E-state index is 14.7. The van der Waals surface area contributed by atoms with Crippen LogP contribution in [-0.4, -0.2) is 70.7 Å². The summed E-state index contributed by atoms with van der Waals surface area (Å²) in [6, 6.07) is 1.37. The van der Waals surface area contributed by atoms with Gasteiger partial charge in [-0.1, -0.05) is 0 Å². The molecule has 182 valence electrons. The molecule has 0 saturated carbocycles. The van der Waals surface area contributed by atoms with Crippen molar-refractivity contribution in [2.45, 2.75) is 43.8 Å². The summed E-state index contributed by atoms with van der Waals surface area (Å²) in [4.78, 5) is 21.2. The molecule has 13 heteroatoms. The second-order valence-electron chi connectivity index (χ2n) is 8.22. The molecule has 1 aliphatic heterocycles. The molecule has 10 nitrogen and oxygen atoms in total. The molecular weight excluding hydrogens is 472 g/mol. The maximum Gasteiger partial charge on any atom is 0.410 e. The van der Waals surface area contributed by atoms with Gasteiger partial charge in [0.05, 0.1) is 12.3 Å². The van der Waals surface area contributed by atoms with Gasteiger partial charge in [0.1, 0.15) is 40.0 Å². The Morgan fingerprint density at radius 1 is 1.15 bits per heavy atom. The molecule has 1 aromatic carbocycles. The van der Waals surface area contributed by atoms with Gasteiger partial charge in [0.25, 0.3) is 0 Å². The standard InChI is InChI=1S/C21H23F2N5O5S/c1-12(2)32-21(29)27-6-4-13(5-7-27)33-20-14-10-26-28(19(14)24-11-25-20)17-8-16(23)18(9-15(17)22)34(3,30)31/h8-13H,4-7H2,1-3H3. The van der Waals surface area contributed by atoms with Crippen molar-refractivity contribution in [2.24, 2.45) is 0 Å². The zero-order chi connectivity index (χ0) is 24.6. The molecule has 2 aromatic heterocycles. The number of rotatable bonds is 5. The fraction of sp³-hybridized carbons (Fsp3) is 0.429. The highest BCUT2D eigenvalue weighted by atomic mass is 32.2. The third-order valence-electron chi connectivity index (χ3n) is 5.27. The topological polar surface area (TPSA) is 117 Å². The number of carbonyl (C=O) groups excluding carboxylic acids is 1. The number of hydrogen-bond acceptors (Lipinski definition) is 8. The lowest BCUT2D eigenvalue weighted by atomic mass is 10.1. The van der Waals surface area contributed by atoms with Crippen LogP contribution in [0.15, 0.2) is 29.6 Å². The largest absolute Gasteiger partial charge is 0.474 e. The minimum Gasteiger partial charge on any atom is -0.474 e. The second-order valence-corrected chi connectivity index (χ2v) is 10.2. The van der Waals surface area contributed by atoms with Gasteiger partial charge >= 0.3 is 6.09 Å². The first-order valence-corrected chi connectivity index (χ1v) is 12.4. The van der Waals surface area contributed by atoms with Crippen molar-refractivity contribution in [1.82, 2.24) is 24.6 Å². The quantitative estimate of drug-likeness (QED) is 0.531. The summed E-state index contributed by atoms with van der Waals surface area (Å²) in [6.45, 7) is 4.49. The number of carbonyl (C=O) groups is 1. The molecule has 1 aliphatic rings. The molecule has 0 radical (unpaired) electrons. The summed E-state index contributed by atoms with van der Waals surface area (Å²) in [6.07, 6.45) is 3.68. The second kappa shape index (κ2) is 9.12. The number of halogens is 2. The Hall–Kier alpha value is -3.35. The Morgan fingerprint density at radius 3 is 2.50 bits per heavy atom. The van der Waals surface area contributed by atoms with Gasteiger partial charge in [-0.25, -0.2) is 36.6 Å². The van der Waals surface area contributed by atoms with E-state index in [2.05, 4.69) is 15.1 Å². The van der Waals surface area contributed by atoms with Crippen LogP contribution in [0.3, 0.4) is 0 Å². The van der Waals surface area contributed by atoms with E-state index in [-0.39, 0.29) is 35.5 Å². The van der Waals surface area contributed by atoms with E-state index in [9.17, 15) is 22.0 Å². The van der Waals surface area contributed by atoms with Crippen LogP contribution in [0.25, 0.3) is 16.7 Å². The number of fused-ring (bicyclic) bond motifs is 1. The Morgan fingerprint density at radius 2 is 1.85 bits per heavy atom. The SMILES string of the molecule is CC(C)OC(=O)N1CCC(Oc2ncnc3c2cnn3-c2cc(F)c(S(C)(=O)=O)cc2F)CC1. The lowest BCUT2D eigenvalue weighted by molar-refractivity contribution is 0.0511. The van der Waals surface area contributed by atoms with Gasteiger partial charge in [-0.05, 0) is 19.9 Å². The van der Waals surface area contributed by atoms with Crippen LogP contribution >= 0.6 is 0 Å². The first kappa shape index (κ1) is 23.8.